The van der Waals surface area contributed by atoms with Crippen LogP contribution >= 0.6 is 0 Å². The van der Waals surface area contributed by atoms with E-state index in [0.29, 0.717) is 17.9 Å². The summed E-state index contributed by atoms with van der Waals surface area (Å²) in [5, 5.41) is 0. The molecule has 0 spiro atoms. The highest BCUT2D eigenvalue weighted by Gasteiger charge is 2.10. The Labute approximate surface area is 142 Å². The van der Waals surface area contributed by atoms with Crippen molar-refractivity contribution in [1.29, 1.82) is 0 Å². The lowest BCUT2D eigenvalue weighted by atomic mass is 10.2. The molecule has 1 aromatic heterocycles. The quantitative estimate of drug-likeness (QED) is 0.703. The van der Waals surface area contributed by atoms with Gasteiger partial charge in [0, 0.05) is 24.9 Å². The molecule has 2 aromatic rings. The highest BCUT2D eigenvalue weighted by Crippen LogP contribution is 2.11. The minimum atomic E-state index is -0.625. The molecule has 132 valence electrons. The van der Waals surface area contributed by atoms with Crippen LogP contribution in [0.5, 0.6) is 5.75 Å². The Morgan fingerprint density at radius 1 is 1.08 bits per heavy atom. The van der Waals surface area contributed by atoms with Crippen LogP contribution in [0.15, 0.2) is 46.1 Å². The molecule has 0 radical (unpaired) electrons. The minimum Gasteiger partial charge on any atom is -0.494 e. The summed E-state index contributed by atoms with van der Waals surface area (Å²) >= 11 is 0. The molecule has 0 saturated carbocycles. The number of carbonyl (C=O) groups excluding carboxylic acids is 2. The maximum Gasteiger partial charge on any atom is 0.331 e. The molecule has 25 heavy (non-hydrogen) atoms. The Kier molecular flexibility index (Phi) is 5.72. The van der Waals surface area contributed by atoms with Crippen LogP contribution < -0.4 is 26.8 Å². The molecule has 0 aliphatic carbocycles. The van der Waals surface area contributed by atoms with Gasteiger partial charge in [-0.2, -0.15) is 0 Å². The number of nitrogens with zero attached hydrogens (tertiary/aromatic N) is 2. The van der Waals surface area contributed by atoms with Crippen molar-refractivity contribution in [2.45, 2.75) is 13.5 Å². The molecule has 1 heterocycles. The van der Waals surface area contributed by atoms with Gasteiger partial charge in [-0.1, -0.05) is 0 Å². The Morgan fingerprint density at radius 3 is 2.40 bits per heavy atom. The van der Waals surface area contributed by atoms with Gasteiger partial charge in [0.2, 0.25) is 0 Å². The monoisotopic (exact) mass is 346 g/mol. The van der Waals surface area contributed by atoms with E-state index in [9.17, 15) is 19.2 Å². The fraction of sp³-hybridized carbons (Fsp3) is 0.250. The van der Waals surface area contributed by atoms with Gasteiger partial charge in [0.15, 0.2) is 0 Å². The van der Waals surface area contributed by atoms with Crippen LogP contribution in [-0.4, -0.2) is 27.6 Å². The normalized spacial score (nSPS) is 10.2. The van der Waals surface area contributed by atoms with Crippen LogP contribution in [0.25, 0.3) is 0 Å². The summed E-state index contributed by atoms with van der Waals surface area (Å²) in [7, 11) is 1.31. The molecule has 0 aliphatic rings. The summed E-state index contributed by atoms with van der Waals surface area (Å²) in [5.74, 6) is -0.485. The van der Waals surface area contributed by atoms with Crippen molar-refractivity contribution in [2.75, 3.05) is 6.61 Å². The van der Waals surface area contributed by atoms with E-state index >= 15 is 0 Å². The molecular weight excluding hydrogens is 328 g/mol. The van der Waals surface area contributed by atoms with E-state index in [1.165, 1.54) is 19.3 Å². The van der Waals surface area contributed by atoms with Gasteiger partial charge in [0.25, 0.3) is 17.4 Å². The SMILES string of the molecule is CCOc1ccc(C(=O)NNC(=O)Cn2ccc(=O)n(C)c2=O)cc1. The third-order valence-corrected chi connectivity index (χ3v) is 3.32. The molecule has 9 heteroatoms. The van der Waals surface area contributed by atoms with Crippen LogP contribution in [0.2, 0.25) is 0 Å². The molecule has 0 bridgehead atoms. The van der Waals surface area contributed by atoms with Crippen LogP contribution in [0.1, 0.15) is 17.3 Å². The molecule has 0 saturated heterocycles. The van der Waals surface area contributed by atoms with Gasteiger partial charge in [0.1, 0.15) is 12.3 Å². The number of hydrogen-bond donors (Lipinski definition) is 2. The van der Waals surface area contributed by atoms with E-state index < -0.39 is 23.1 Å². The van der Waals surface area contributed by atoms with Crippen molar-refractivity contribution < 1.29 is 14.3 Å². The lowest BCUT2D eigenvalue weighted by Gasteiger charge is -2.10. The van der Waals surface area contributed by atoms with Gasteiger partial charge in [0.05, 0.1) is 6.61 Å². The van der Waals surface area contributed by atoms with Crippen LogP contribution in [0.3, 0.4) is 0 Å². The summed E-state index contributed by atoms with van der Waals surface area (Å²) in [6.07, 6.45) is 1.22. The summed E-state index contributed by atoms with van der Waals surface area (Å²) in [4.78, 5) is 46.9. The summed E-state index contributed by atoms with van der Waals surface area (Å²) in [5.41, 5.74) is 3.71. The van der Waals surface area contributed by atoms with Gasteiger partial charge < -0.3 is 4.74 Å². The van der Waals surface area contributed by atoms with Crippen molar-refractivity contribution in [3.8, 4) is 5.75 Å². The lowest BCUT2D eigenvalue weighted by molar-refractivity contribution is -0.122. The van der Waals surface area contributed by atoms with E-state index in [2.05, 4.69) is 10.9 Å². The standard InChI is InChI=1S/C16H18N4O5/c1-3-25-12-6-4-11(5-7-12)15(23)18-17-13(21)10-20-9-8-14(22)19(2)16(20)24/h4-9H,3,10H2,1-2H3,(H,17,21)(H,18,23). The highest BCUT2D eigenvalue weighted by atomic mass is 16.5. The van der Waals surface area contributed by atoms with Crippen molar-refractivity contribution in [2.24, 2.45) is 7.05 Å². The Hall–Kier alpha value is -3.36. The molecule has 2 N–H and O–H groups in total. The number of ether oxygens (including phenoxy) is 1. The topological polar surface area (TPSA) is 111 Å². The second-order valence-electron chi connectivity index (χ2n) is 5.08. The third kappa shape index (κ3) is 4.56. The summed E-state index contributed by atoms with van der Waals surface area (Å²) in [6, 6.07) is 7.58. The van der Waals surface area contributed by atoms with E-state index in [-0.39, 0.29) is 6.54 Å². The fourth-order valence-electron chi connectivity index (χ4n) is 2.00. The number of amides is 2. The van der Waals surface area contributed by atoms with Crippen molar-refractivity contribution in [1.82, 2.24) is 20.0 Å². The lowest BCUT2D eigenvalue weighted by Crippen LogP contribution is -2.45. The highest BCUT2D eigenvalue weighted by molar-refractivity contribution is 5.95. The number of carbonyl (C=O) groups is 2. The smallest absolute Gasteiger partial charge is 0.331 e. The van der Waals surface area contributed by atoms with Crippen LogP contribution in [0.4, 0.5) is 0 Å². The molecule has 1 aromatic carbocycles. The Balaban J connectivity index is 1.93. The third-order valence-electron chi connectivity index (χ3n) is 3.32. The zero-order valence-corrected chi connectivity index (χ0v) is 13.8. The first-order chi connectivity index (χ1) is 11.9. The molecule has 9 nitrogen and oxygen atoms in total. The fourth-order valence-corrected chi connectivity index (χ4v) is 2.00. The molecular formula is C16H18N4O5. The maximum atomic E-state index is 12.0. The number of rotatable bonds is 5. The molecule has 2 rings (SSSR count). The first-order valence-corrected chi connectivity index (χ1v) is 7.51. The van der Waals surface area contributed by atoms with E-state index in [0.717, 1.165) is 9.13 Å². The van der Waals surface area contributed by atoms with Crippen LogP contribution in [-0.2, 0) is 18.4 Å². The van der Waals surface area contributed by atoms with E-state index in [1.54, 1.807) is 24.3 Å². The summed E-state index contributed by atoms with van der Waals surface area (Å²) < 4.78 is 7.21. The zero-order chi connectivity index (χ0) is 18.4. The van der Waals surface area contributed by atoms with Gasteiger partial charge in [-0.05, 0) is 31.2 Å². The van der Waals surface area contributed by atoms with Crippen molar-refractivity contribution in [3.05, 3.63) is 62.9 Å². The van der Waals surface area contributed by atoms with Crippen molar-refractivity contribution in [3.63, 3.8) is 0 Å². The predicted molar refractivity (Wildman–Crippen MR) is 89.2 cm³/mol. The van der Waals surface area contributed by atoms with Gasteiger partial charge in [-0.3, -0.25) is 34.4 Å². The first kappa shape index (κ1) is 18.0. The molecule has 0 atom stereocenters. The maximum absolute atomic E-state index is 12.0. The predicted octanol–water partition coefficient (Wildman–Crippen LogP) is -0.593. The second-order valence-corrected chi connectivity index (χ2v) is 5.08. The zero-order valence-electron chi connectivity index (χ0n) is 13.8. The van der Waals surface area contributed by atoms with Gasteiger partial charge >= 0.3 is 5.69 Å². The largest absolute Gasteiger partial charge is 0.494 e. The van der Waals surface area contributed by atoms with Crippen LogP contribution in [0, 0.1) is 0 Å². The number of hydrazine groups is 1. The van der Waals surface area contributed by atoms with Gasteiger partial charge in [-0.25, -0.2) is 4.79 Å². The van der Waals surface area contributed by atoms with Crippen molar-refractivity contribution >= 4 is 11.8 Å². The number of benzene rings is 1. The molecule has 2 amide bonds. The molecule has 0 fully saturated rings. The number of aromatic nitrogens is 2. The average molecular weight is 346 g/mol. The number of hydrogen-bond acceptors (Lipinski definition) is 5. The second kappa shape index (κ2) is 7.95. The molecule has 0 aliphatic heterocycles. The average Bonchev–Trinajstić information content (AvgIpc) is 2.61. The number of nitrogens with one attached hydrogen (secondary N) is 2. The van der Waals surface area contributed by atoms with E-state index in [4.69, 9.17) is 4.74 Å². The molecule has 0 unspecified atom stereocenters. The minimum absolute atomic E-state index is 0.336. The van der Waals surface area contributed by atoms with E-state index in [1.807, 2.05) is 6.92 Å². The van der Waals surface area contributed by atoms with Gasteiger partial charge in [-0.15, -0.1) is 0 Å². The summed E-state index contributed by atoms with van der Waals surface area (Å²) in [6.45, 7) is 2.04. The first-order valence-electron chi connectivity index (χ1n) is 7.51. The Bertz CT molecular complexity index is 883. The Morgan fingerprint density at radius 2 is 1.76 bits per heavy atom.